The Bertz CT molecular complexity index is 1320. The molecule has 0 amide bonds. The number of hydrogen-bond donors (Lipinski definition) is 2. The van der Waals surface area contributed by atoms with Crippen molar-refractivity contribution >= 4 is 31.4 Å². The van der Waals surface area contributed by atoms with Crippen molar-refractivity contribution in [2.45, 2.75) is 23.6 Å². The minimum absolute atomic E-state index is 0.0180. The van der Waals surface area contributed by atoms with Crippen LogP contribution in [0.2, 0.25) is 0 Å². The van der Waals surface area contributed by atoms with Crippen LogP contribution in [0.1, 0.15) is 11.1 Å². The Balaban J connectivity index is 1.81. The minimum Gasteiger partial charge on any atom is -0.491 e. The minimum atomic E-state index is -3.94. The van der Waals surface area contributed by atoms with Gasteiger partial charge in [-0.2, -0.15) is 0 Å². The average molecular weight is 491 g/mol. The molecule has 3 rings (SSSR count). The first-order valence-electron chi connectivity index (χ1n) is 10.1. The average Bonchev–Trinajstić information content (AvgIpc) is 2.75. The van der Waals surface area contributed by atoms with E-state index in [1.165, 1.54) is 24.3 Å². The van der Waals surface area contributed by atoms with Crippen molar-refractivity contribution in [3.8, 4) is 5.75 Å². The Morgan fingerprint density at radius 3 is 2.09 bits per heavy atom. The van der Waals surface area contributed by atoms with Crippen LogP contribution in [0.25, 0.3) is 0 Å². The van der Waals surface area contributed by atoms with Crippen molar-refractivity contribution in [1.29, 1.82) is 0 Å². The van der Waals surface area contributed by atoms with E-state index in [9.17, 15) is 16.8 Å². The highest BCUT2D eigenvalue weighted by Crippen LogP contribution is 2.25. The van der Waals surface area contributed by atoms with Crippen LogP contribution in [0.3, 0.4) is 0 Å². The zero-order chi connectivity index (χ0) is 24.1. The molecule has 0 atom stereocenters. The van der Waals surface area contributed by atoms with E-state index >= 15 is 0 Å². The topological polar surface area (TPSA) is 111 Å². The number of methoxy groups -OCH3 is 1. The van der Waals surface area contributed by atoms with Crippen LogP contribution in [-0.2, 0) is 24.8 Å². The number of ether oxygens (including phenoxy) is 2. The Labute approximate surface area is 194 Å². The number of hydrogen-bond acceptors (Lipinski definition) is 6. The maximum atomic E-state index is 13.0. The maximum absolute atomic E-state index is 13.0. The second-order valence-corrected chi connectivity index (χ2v) is 10.7. The highest BCUT2D eigenvalue weighted by Gasteiger charge is 2.20. The van der Waals surface area contributed by atoms with E-state index in [0.717, 1.165) is 5.56 Å². The molecule has 0 saturated heterocycles. The maximum Gasteiger partial charge on any atom is 0.262 e. The van der Waals surface area contributed by atoms with E-state index in [-0.39, 0.29) is 15.5 Å². The van der Waals surface area contributed by atoms with Gasteiger partial charge in [0.1, 0.15) is 12.4 Å². The molecule has 0 aliphatic carbocycles. The van der Waals surface area contributed by atoms with Crippen LogP contribution < -0.4 is 14.2 Å². The number of anilines is 2. The lowest BCUT2D eigenvalue weighted by molar-refractivity contribution is 0.146. The zero-order valence-electron chi connectivity index (χ0n) is 18.5. The molecule has 0 aliphatic heterocycles. The van der Waals surface area contributed by atoms with Gasteiger partial charge in [-0.05, 0) is 73.5 Å². The third-order valence-electron chi connectivity index (χ3n) is 4.69. The summed E-state index contributed by atoms with van der Waals surface area (Å²) in [7, 11) is -6.31. The summed E-state index contributed by atoms with van der Waals surface area (Å²) in [6.45, 7) is 4.26. The summed E-state index contributed by atoms with van der Waals surface area (Å²) in [5.74, 6) is 0.511. The van der Waals surface area contributed by atoms with Crippen LogP contribution in [-0.4, -0.2) is 37.2 Å². The molecule has 3 aromatic rings. The van der Waals surface area contributed by atoms with E-state index in [0.29, 0.717) is 30.2 Å². The molecule has 0 saturated carbocycles. The molecule has 0 aliphatic rings. The first-order chi connectivity index (χ1) is 15.6. The number of rotatable bonds is 10. The summed E-state index contributed by atoms with van der Waals surface area (Å²) >= 11 is 0. The quantitative estimate of drug-likeness (QED) is 0.417. The largest absolute Gasteiger partial charge is 0.491 e. The predicted molar refractivity (Wildman–Crippen MR) is 128 cm³/mol. The molecule has 0 unspecified atom stereocenters. The number of nitrogens with one attached hydrogen (secondary N) is 2. The molecular formula is C23H26N2O6S2. The molecule has 0 heterocycles. The fourth-order valence-electron chi connectivity index (χ4n) is 3.04. The van der Waals surface area contributed by atoms with Gasteiger partial charge in [-0.1, -0.05) is 18.2 Å². The van der Waals surface area contributed by atoms with Crippen molar-refractivity contribution in [2.24, 2.45) is 0 Å². The van der Waals surface area contributed by atoms with Gasteiger partial charge in [0.05, 0.1) is 22.1 Å². The van der Waals surface area contributed by atoms with E-state index in [2.05, 4.69) is 9.44 Å². The predicted octanol–water partition coefficient (Wildman–Crippen LogP) is 3.93. The zero-order valence-corrected chi connectivity index (χ0v) is 20.2. The number of benzene rings is 3. The fraction of sp³-hybridized carbons (Fsp3) is 0.217. The lowest BCUT2D eigenvalue weighted by atomic mass is 10.2. The summed E-state index contributed by atoms with van der Waals surface area (Å²) in [4.78, 5) is -0.00411. The van der Waals surface area contributed by atoms with Crippen LogP contribution in [0.5, 0.6) is 5.75 Å². The lowest BCUT2D eigenvalue weighted by Crippen LogP contribution is -2.16. The molecule has 0 aromatic heterocycles. The monoisotopic (exact) mass is 490 g/mol. The molecule has 0 spiro atoms. The van der Waals surface area contributed by atoms with Crippen molar-refractivity contribution < 1.29 is 26.3 Å². The van der Waals surface area contributed by atoms with Gasteiger partial charge in [-0.25, -0.2) is 16.8 Å². The Kier molecular flexibility index (Phi) is 7.62. The van der Waals surface area contributed by atoms with Gasteiger partial charge < -0.3 is 9.47 Å². The fourth-order valence-corrected chi connectivity index (χ4v) is 5.41. The molecular weight excluding hydrogens is 464 g/mol. The molecule has 2 N–H and O–H groups in total. The summed E-state index contributed by atoms with van der Waals surface area (Å²) in [6.07, 6.45) is 0. The van der Waals surface area contributed by atoms with Crippen LogP contribution in [0.4, 0.5) is 11.4 Å². The molecule has 0 fully saturated rings. The smallest absolute Gasteiger partial charge is 0.262 e. The first kappa shape index (κ1) is 24.6. The molecule has 33 heavy (non-hydrogen) atoms. The number of aryl methyl sites for hydroxylation is 2. The van der Waals surface area contributed by atoms with E-state index < -0.39 is 20.0 Å². The van der Waals surface area contributed by atoms with Gasteiger partial charge in [0.15, 0.2) is 0 Å². The van der Waals surface area contributed by atoms with Crippen molar-refractivity contribution in [3.05, 3.63) is 77.9 Å². The normalized spacial score (nSPS) is 11.7. The van der Waals surface area contributed by atoms with Gasteiger partial charge >= 0.3 is 0 Å². The highest BCUT2D eigenvalue weighted by molar-refractivity contribution is 7.93. The van der Waals surface area contributed by atoms with Gasteiger partial charge in [-0.15, -0.1) is 0 Å². The van der Waals surface area contributed by atoms with Crippen LogP contribution >= 0.6 is 0 Å². The van der Waals surface area contributed by atoms with E-state index in [1.54, 1.807) is 50.4 Å². The lowest BCUT2D eigenvalue weighted by Gasteiger charge is -2.14. The Morgan fingerprint density at radius 1 is 0.758 bits per heavy atom. The van der Waals surface area contributed by atoms with Crippen molar-refractivity contribution in [1.82, 2.24) is 0 Å². The van der Waals surface area contributed by atoms with Crippen LogP contribution in [0.15, 0.2) is 76.5 Å². The second kappa shape index (κ2) is 10.2. The third-order valence-corrected chi connectivity index (χ3v) is 7.61. The summed E-state index contributed by atoms with van der Waals surface area (Å²) in [5, 5.41) is 0. The molecule has 0 radical (unpaired) electrons. The van der Waals surface area contributed by atoms with Gasteiger partial charge in [-0.3, -0.25) is 9.44 Å². The van der Waals surface area contributed by atoms with Gasteiger partial charge in [0.25, 0.3) is 20.0 Å². The van der Waals surface area contributed by atoms with Crippen molar-refractivity contribution in [2.75, 3.05) is 29.8 Å². The van der Waals surface area contributed by atoms with Gasteiger partial charge in [0.2, 0.25) is 0 Å². The SMILES string of the molecule is COCCOc1ccc(S(=O)(=O)Nc2ccc(C)c(S(=O)(=O)Nc3cccc(C)c3)c2)cc1. The molecule has 0 bridgehead atoms. The van der Waals surface area contributed by atoms with Crippen LogP contribution in [0, 0.1) is 13.8 Å². The number of sulfonamides is 2. The van der Waals surface area contributed by atoms with Gasteiger partial charge in [0, 0.05) is 12.8 Å². The van der Waals surface area contributed by atoms with E-state index in [4.69, 9.17) is 9.47 Å². The third kappa shape index (κ3) is 6.47. The summed E-state index contributed by atoms with van der Waals surface area (Å²) in [6, 6.07) is 17.2. The summed E-state index contributed by atoms with van der Waals surface area (Å²) < 4.78 is 66.9. The molecule has 8 nitrogen and oxygen atoms in total. The molecule has 3 aromatic carbocycles. The molecule has 176 valence electrons. The van der Waals surface area contributed by atoms with E-state index in [1.807, 2.05) is 13.0 Å². The Hall–Kier alpha value is -3.08. The summed E-state index contributed by atoms with van der Waals surface area (Å²) in [5.41, 5.74) is 1.94. The van der Waals surface area contributed by atoms with Crippen molar-refractivity contribution in [3.63, 3.8) is 0 Å². The standard InChI is InChI=1S/C23H26N2O6S2/c1-17-5-4-6-19(15-17)25-33(28,29)23-16-20(8-7-18(23)2)24-32(26,27)22-11-9-21(10-12-22)31-14-13-30-3/h4-12,15-16,24-25H,13-14H2,1-3H3. The highest BCUT2D eigenvalue weighted by atomic mass is 32.2. The second-order valence-electron chi connectivity index (χ2n) is 7.37. The Morgan fingerprint density at radius 2 is 1.42 bits per heavy atom. The first-order valence-corrected chi connectivity index (χ1v) is 13.0. The molecule has 10 heteroatoms.